The number of sulfonamides is 1. The van der Waals surface area contributed by atoms with Gasteiger partial charge in [-0.3, -0.25) is 9.69 Å². The highest BCUT2D eigenvalue weighted by atomic mass is 35.5. The number of amides is 1. The van der Waals surface area contributed by atoms with Gasteiger partial charge in [-0.1, -0.05) is 29.8 Å². The molecule has 9 heteroatoms. The highest BCUT2D eigenvalue weighted by Crippen LogP contribution is 2.28. The standard InChI is InChI=1S/C20H23ClN4O3S/c1-15(16-5-2-3-7-18(16)21)23-9-11-25(12-10-23)20(26)17-6-4-8-24-13-14-29(27,28)22-19(17)24/h2-8,15H,9-14H2,1H3. The van der Waals surface area contributed by atoms with E-state index in [1.54, 1.807) is 28.2 Å². The van der Waals surface area contributed by atoms with Crippen LogP contribution in [-0.2, 0) is 14.8 Å². The van der Waals surface area contributed by atoms with Crippen molar-refractivity contribution in [2.75, 3.05) is 38.5 Å². The van der Waals surface area contributed by atoms with Crippen molar-refractivity contribution < 1.29 is 13.2 Å². The fraction of sp³-hybridized carbons (Fsp3) is 0.400. The second-order valence-corrected chi connectivity index (χ2v) is 9.50. The van der Waals surface area contributed by atoms with Crippen LogP contribution >= 0.6 is 11.6 Å². The smallest absolute Gasteiger partial charge is 0.257 e. The maximum atomic E-state index is 13.1. The predicted octanol–water partition coefficient (Wildman–Crippen LogP) is 2.04. The van der Waals surface area contributed by atoms with Crippen molar-refractivity contribution in [3.8, 4) is 0 Å². The summed E-state index contributed by atoms with van der Waals surface area (Å²) in [6.45, 7) is 4.99. The number of nitrogens with zero attached hydrogens (tertiary/aromatic N) is 4. The van der Waals surface area contributed by atoms with Gasteiger partial charge in [-0.25, -0.2) is 8.42 Å². The summed E-state index contributed by atoms with van der Waals surface area (Å²) in [7, 11) is -3.52. The van der Waals surface area contributed by atoms with E-state index in [2.05, 4.69) is 16.2 Å². The molecule has 0 bridgehead atoms. The first-order chi connectivity index (χ1) is 13.9. The van der Waals surface area contributed by atoms with Crippen molar-refractivity contribution in [1.29, 1.82) is 0 Å². The molecule has 3 aliphatic rings. The van der Waals surface area contributed by atoms with E-state index in [9.17, 15) is 13.2 Å². The van der Waals surface area contributed by atoms with Gasteiger partial charge in [0.1, 0.15) is 0 Å². The fourth-order valence-electron chi connectivity index (χ4n) is 3.88. The molecule has 1 unspecified atom stereocenters. The number of carbonyl (C=O) groups excluding carboxylic acids is 1. The highest BCUT2D eigenvalue weighted by Gasteiger charge is 2.33. The lowest BCUT2D eigenvalue weighted by molar-refractivity contribution is -0.128. The molecule has 1 fully saturated rings. The lowest BCUT2D eigenvalue weighted by Gasteiger charge is -2.39. The highest BCUT2D eigenvalue weighted by molar-refractivity contribution is 7.90. The Balaban J connectivity index is 1.45. The van der Waals surface area contributed by atoms with E-state index in [4.69, 9.17) is 11.6 Å². The normalized spacial score (nSPS) is 22.6. The first kappa shape index (κ1) is 20.1. The molecule has 0 radical (unpaired) electrons. The quantitative estimate of drug-likeness (QED) is 0.727. The molecule has 0 N–H and O–H groups in total. The van der Waals surface area contributed by atoms with Gasteiger partial charge in [0.2, 0.25) is 0 Å². The van der Waals surface area contributed by atoms with Crippen LogP contribution in [0.15, 0.2) is 52.6 Å². The molecule has 0 saturated carbocycles. The van der Waals surface area contributed by atoms with E-state index in [0.29, 0.717) is 25.2 Å². The van der Waals surface area contributed by atoms with Crippen molar-refractivity contribution in [3.05, 3.63) is 58.8 Å². The molecular weight excluding hydrogens is 412 g/mol. The first-order valence-electron chi connectivity index (χ1n) is 9.61. The zero-order chi connectivity index (χ0) is 20.6. The van der Waals surface area contributed by atoms with Crippen LogP contribution < -0.4 is 0 Å². The molecule has 0 aliphatic carbocycles. The summed E-state index contributed by atoms with van der Waals surface area (Å²) in [5, 5.41) is 0.745. The monoisotopic (exact) mass is 434 g/mol. The van der Waals surface area contributed by atoms with Gasteiger partial charge < -0.3 is 9.80 Å². The summed E-state index contributed by atoms with van der Waals surface area (Å²) in [6, 6.07) is 7.96. The summed E-state index contributed by atoms with van der Waals surface area (Å²) in [4.78, 5) is 18.9. The Kier molecular flexibility index (Phi) is 5.50. The first-order valence-corrected chi connectivity index (χ1v) is 11.6. The van der Waals surface area contributed by atoms with Gasteiger partial charge in [-0.05, 0) is 30.7 Å². The van der Waals surface area contributed by atoms with E-state index in [0.717, 1.165) is 23.7 Å². The second kappa shape index (κ2) is 7.93. The van der Waals surface area contributed by atoms with Crippen LogP contribution in [0.25, 0.3) is 0 Å². The summed E-state index contributed by atoms with van der Waals surface area (Å²) in [5.74, 6) is 0.0110. The average Bonchev–Trinajstić information content (AvgIpc) is 2.72. The van der Waals surface area contributed by atoms with Crippen molar-refractivity contribution in [1.82, 2.24) is 14.7 Å². The SMILES string of the molecule is CC(c1ccccc1Cl)N1CCN(C(=O)C2=CC=CN3CCS(=O)(=O)N=C23)CC1. The molecule has 4 rings (SSSR count). The third kappa shape index (κ3) is 4.10. The number of hydrogen-bond acceptors (Lipinski definition) is 5. The Bertz CT molecular complexity index is 1010. The van der Waals surface area contributed by atoms with Gasteiger partial charge in [0, 0.05) is 50.0 Å². The maximum absolute atomic E-state index is 13.1. The van der Waals surface area contributed by atoms with Crippen LogP contribution in [0.5, 0.6) is 0 Å². The molecule has 7 nitrogen and oxygen atoms in total. The Labute approximate surface area is 176 Å². The molecule has 3 aliphatic heterocycles. The molecule has 1 amide bonds. The van der Waals surface area contributed by atoms with Gasteiger partial charge in [0.15, 0.2) is 5.84 Å². The lowest BCUT2D eigenvalue weighted by Crippen LogP contribution is -2.51. The molecule has 154 valence electrons. The van der Waals surface area contributed by atoms with E-state index >= 15 is 0 Å². The number of fused-ring (bicyclic) bond motifs is 1. The molecule has 3 heterocycles. The number of hydrogen-bond donors (Lipinski definition) is 0. The molecule has 0 spiro atoms. The van der Waals surface area contributed by atoms with Crippen LogP contribution in [0.2, 0.25) is 5.02 Å². The van der Waals surface area contributed by atoms with Gasteiger partial charge in [0.25, 0.3) is 15.9 Å². The van der Waals surface area contributed by atoms with Crippen LogP contribution in [0.3, 0.4) is 0 Å². The number of carbonyl (C=O) groups is 1. The minimum Gasteiger partial charge on any atom is -0.336 e. The zero-order valence-corrected chi connectivity index (χ0v) is 17.7. The molecule has 1 atom stereocenters. The maximum Gasteiger partial charge on any atom is 0.257 e. The zero-order valence-electron chi connectivity index (χ0n) is 16.2. The Morgan fingerprint density at radius 2 is 1.86 bits per heavy atom. The van der Waals surface area contributed by atoms with Gasteiger partial charge in [-0.2, -0.15) is 0 Å². The van der Waals surface area contributed by atoms with Crippen LogP contribution in [0.1, 0.15) is 18.5 Å². The van der Waals surface area contributed by atoms with Crippen LogP contribution in [0, 0.1) is 0 Å². The molecule has 29 heavy (non-hydrogen) atoms. The van der Waals surface area contributed by atoms with E-state index in [1.807, 2.05) is 24.3 Å². The van der Waals surface area contributed by atoms with Crippen molar-refractivity contribution in [2.45, 2.75) is 13.0 Å². The molecule has 0 aromatic heterocycles. The minimum atomic E-state index is -3.52. The predicted molar refractivity (Wildman–Crippen MR) is 113 cm³/mol. The second-order valence-electron chi connectivity index (χ2n) is 7.34. The Hall–Kier alpha value is -2.16. The summed E-state index contributed by atoms with van der Waals surface area (Å²) < 4.78 is 27.7. The van der Waals surface area contributed by atoms with E-state index in [1.165, 1.54) is 0 Å². The largest absolute Gasteiger partial charge is 0.336 e. The third-order valence-electron chi connectivity index (χ3n) is 5.59. The lowest BCUT2D eigenvalue weighted by atomic mass is 10.1. The van der Waals surface area contributed by atoms with Gasteiger partial charge >= 0.3 is 0 Å². The number of halogens is 1. The van der Waals surface area contributed by atoms with Crippen LogP contribution in [-0.4, -0.2) is 73.3 Å². The Morgan fingerprint density at radius 1 is 1.14 bits per heavy atom. The summed E-state index contributed by atoms with van der Waals surface area (Å²) >= 11 is 6.33. The third-order valence-corrected chi connectivity index (χ3v) is 7.09. The number of piperazine rings is 1. The van der Waals surface area contributed by atoms with Gasteiger partial charge in [-0.15, -0.1) is 4.40 Å². The number of allylic oxidation sites excluding steroid dienone is 2. The fourth-order valence-corrected chi connectivity index (χ4v) is 5.16. The van der Waals surface area contributed by atoms with Crippen molar-refractivity contribution >= 4 is 33.4 Å². The average molecular weight is 435 g/mol. The minimum absolute atomic E-state index is 0.0408. The number of amidine groups is 1. The van der Waals surface area contributed by atoms with E-state index in [-0.39, 0.29) is 23.5 Å². The topological polar surface area (TPSA) is 73.3 Å². The summed E-state index contributed by atoms with van der Waals surface area (Å²) in [5.41, 5.74) is 1.41. The summed E-state index contributed by atoms with van der Waals surface area (Å²) in [6.07, 6.45) is 5.17. The number of benzene rings is 1. The van der Waals surface area contributed by atoms with Crippen molar-refractivity contribution in [2.24, 2.45) is 4.40 Å². The molecule has 1 saturated heterocycles. The van der Waals surface area contributed by atoms with Crippen LogP contribution in [0.4, 0.5) is 0 Å². The molecular formula is C20H23ClN4O3S. The number of rotatable bonds is 3. The van der Waals surface area contributed by atoms with Crippen molar-refractivity contribution in [3.63, 3.8) is 0 Å². The van der Waals surface area contributed by atoms with Gasteiger partial charge in [0.05, 0.1) is 11.3 Å². The molecule has 1 aromatic rings. The van der Waals surface area contributed by atoms with E-state index < -0.39 is 10.0 Å². The Morgan fingerprint density at radius 3 is 2.59 bits per heavy atom. The molecule has 1 aromatic carbocycles.